The Balaban J connectivity index is 1.65. The topological polar surface area (TPSA) is 63.7 Å². The van der Waals surface area contributed by atoms with E-state index in [0.29, 0.717) is 17.7 Å². The molecular weight excluding hydrogens is 306 g/mol. The molecule has 1 saturated heterocycles. The number of pyridine rings is 1. The Hall–Kier alpha value is -1.98. The second-order valence-electron chi connectivity index (χ2n) is 7.73. The molecule has 132 valence electrons. The highest BCUT2D eigenvalue weighted by molar-refractivity contribution is 5.68. The van der Waals surface area contributed by atoms with Gasteiger partial charge in [0.15, 0.2) is 0 Å². The molecule has 1 aromatic rings. The van der Waals surface area contributed by atoms with Gasteiger partial charge >= 0.3 is 6.09 Å². The molecule has 1 aliphatic heterocycles. The lowest BCUT2D eigenvalue weighted by molar-refractivity contribution is 0.0472. The molecule has 6 nitrogen and oxygen atoms in total. The Bertz CT molecular complexity index is 585. The first-order chi connectivity index (χ1) is 11.4. The van der Waals surface area contributed by atoms with E-state index in [9.17, 15) is 4.79 Å². The SMILES string of the molecule is COc1cc(N2C[C@H]3CC[C@@H](C2)[C@H]3NC(=O)OC(C)(C)C)ccn1. The molecule has 1 aromatic heterocycles. The minimum Gasteiger partial charge on any atom is -0.481 e. The van der Waals surface area contributed by atoms with Crippen molar-refractivity contribution >= 4 is 11.8 Å². The van der Waals surface area contributed by atoms with Gasteiger partial charge in [-0.25, -0.2) is 9.78 Å². The van der Waals surface area contributed by atoms with Crippen LogP contribution in [-0.2, 0) is 4.74 Å². The summed E-state index contributed by atoms with van der Waals surface area (Å²) in [6.45, 7) is 7.54. The van der Waals surface area contributed by atoms with E-state index < -0.39 is 5.60 Å². The quantitative estimate of drug-likeness (QED) is 0.921. The van der Waals surface area contributed by atoms with Gasteiger partial charge in [0.1, 0.15) is 5.60 Å². The lowest BCUT2D eigenvalue weighted by atomic mass is 9.92. The van der Waals surface area contributed by atoms with Crippen LogP contribution in [0.5, 0.6) is 5.88 Å². The molecular formula is C18H27N3O3. The molecule has 0 radical (unpaired) electrons. The minimum absolute atomic E-state index is 0.208. The number of aromatic nitrogens is 1. The third kappa shape index (κ3) is 3.74. The van der Waals surface area contributed by atoms with E-state index in [4.69, 9.17) is 9.47 Å². The molecule has 1 amide bonds. The largest absolute Gasteiger partial charge is 0.481 e. The van der Waals surface area contributed by atoms with Gasteiger partial charge in [-0.3, -0.25) is 0 Å². The molecule has 24 heavy (non-hydrogen) atoms. The monoisotopic (exact) mass is 333 g/mol. The molecule has 1 saturated carbocycles. The highest BCUT2D eigenvalue weighted by Crippen LogP contribution is 2.39. The standard InChI is InChI=1S/C18H27N3O3/c1-18(2,3)24-17(22)20-16-12-5-6-13(16)11-21(10-12)14-7-8-19-15(9-14)23-4/h7-9,12-13,16H,5-6,10-11H2,1-4H3,(H,20,22)/t12-,13+,16+. The smallest absolute Gasteiger partial charge is 0.407 e. The lowest BCUT2D eigenvalue weighted by Crippen LogP contribution is -2.53. The predicted octanol–water partition coefficient (Wildman–Crippen LogP) is 2.83. The molecule has 6 heteroatoms. The molecule has 0 aromatic carbocycles. The summed E-state index contributed by atoms with van der Waals surface area (Å²) in [4.78, 5) is 18.7. The number of nitrogens with one attached hydrogen (secondary N) is 1. The number of carbonyl (C=O) groups is 1. The number of fused-ring (bicyclic) bond motifs is 2. The van der Waals surface area contributed by atoms with Gasteiger partial charge in [-0.15, -0.1) is 0 Å². The number of nitrogens with zero attached hydrogens (tertiary/aromatic N) is 2. The van der Waals surface area contributed by atoms with Crippen LogP contribution in [0.25, 0.3) is 0 Å². The van der Waals surface area contributed by atoms with Crippen molar-refractivity contribution in [1.29, 1.82) is 0 Å². The molecule has 0 unspecified atom stereocenters. The van der Waals surface area contributed by atoms with Crippen molar-refractivity contribution in [3.8, 4) is 5.88 Å². The van der Waals surface area contributed by atoms with E-state index in [-0.39, 0.29) is 12.1 Å². The van der Waals surface area contributed by atoms with Gasteiger partial charge in [0.25, 0.3) is 0 Å². The lowest BCUT2D eigenvalue weighted by Gasteiger charge is -2.39. The Kier molecular flexibility index (Phi) is 4.56. The fourth-order valence-electron chi connectivity index (χ4n) is 3.82. The number of anilines is 1. The van der Waals surface area contributed by atoms with E-state index in [1.165, 1.54) is 0 Å². The van der Waals surface area contributed by atoms with Crippen LogP contribution < -0.4 is 15.0 Å². The zero-order valence-electron chi connectivity index (χ0n) is 14.9. The van der Waals surface area contributed by atoms with E-state index in [0.717, 1.165) is 31.6 Å². The third-order valence-corrected chi connectivity index (χ3v) is 4.81. The van der Waals surface area contributed by atoms with Crippen molar-refractivity contribution in [2.45, 2.75) is 45.3 Å². The number of hydrogen-bond acceptors (Lipinski definition) is 5. The fraction of sp³-hybridized carbons (Fsp3) is 0.667. The highest BCUT2D eigenvalue weighted by atomic mass is 16.6. The van der Waals surface area contributed by atoms with Gasteiger partial charge in [-0.1, -0.05) is 0 Å². The summed E-state index contributed by atoms with van der Waals surface area (Å²) in [6.07, 6.45) is 3.76. The molecule has 1 aliphatic carbocycles. The highest BCUT2D eigenvalue weighted by Gasteiger charge is 2.43. The van der Waals surface area contributed by atoms with Crippen molar-refractivity contribution in [2.24, 2.45) is 11.8 Å². The summed E-state index contributed by atoms with van der Waals surface area (Å²) in [6, 6.07) is 4.20. The summed E-state index contributed by atoms with van der Waals surface area (Å²) in [7, 11) is 1.63. The van der Waals surface area contributed by atoms with Crippen LogP contribution in [0.3, 0.4) is 0 Å². The van der Waals surface area contributed by atoms with Crippen LogP contribution in [0, 0.1) is 11.8 Å². The van der Waals surface area contributed by atoms with Gasteiger partial charge in [-0.05, 0) is 51.5 Å². The normalized spacial score (nSPS) is 26.2. The summed E-state index contributed by atoms with van der Waals surface area (Å²) in [5.41, 5.74) is 0.673. The van der Waals surface area contributed by atoms with E-state index in [2.05, 4.69) is 15.2 Å². The number of carbonyl (C=O) groups excluding carboxylic acids is 1. The molecule has 2 bridgehead atoms. The van der Waals surface area contributed by atoms with Gasteiger partial charge in [-0.2, -0.15) is 0 Å². The first-order valence-electron chi connectivity index (χ1n) is 8.60. The van der Waals surface area contributed by atoms with Gasteiger partial charge in [0.2, 0.25) is 5.88 Å². The van der Waals surface area contributed by atoms with E-state index in [1.807, 2.05) is 32.9 Å². The zero-order chi connectivity index (χ0) is 17.3. The first-order valence-corrected chi connectivity index (χ1v) is 8.60. The zero-order valence-corrected chi connectivity index (χ0v) is 14.9. The molecule has 2 heterocycles. The number of piperidine rings is 1. The molecule has 2 aliphatic rings. The fourth-order valence-corrected chi connectivity index (χ4v) is 3.82. The van der Waals surface area contributed by atoms with Gasteiger partial charge in [0.05, 0.1) is 7.11 Å². The minimum atomic E-state index is -0.461. The molecule has 2 fully saturated rings. The average Bonchev–Trinajstić information content (AvgIpc) is 2.75. The van der Waals surface area contributed by atoms with Crippen molar-refractivity contribution in [1.82, 2.24) is 10.3 Å². The van der Waals surface area contributed by atoms with Gasteiger partial charge < -0.3 is 19.7 Å². The van der Waals surface area contributed by atoms with Crippen LogP contribution in [0.4, 0.5) is 10.5 Å². The molecule has 1 N–H and O–H groups in total. The Morgan fingerprint density at radius 3 is 2.54 bits per heavy atom. The number of ether oxygens (including phenoxy) is 2. The van der Waals surface area contributed by atoms with Crippen LogP contribution in [0.1, 0.15) is 33.6 Å². The number of amides is 1. The summed E-state index contributed by atoms with van der Waals surface area (Å²) in [5, 5.41) is 3.11. The number of methoxy groups -OCH3 is 1. The maximum Gasteiger partial charge on any atom is 0.407 e. The Morgan fingerprint density at radius 2 is 1.96 bits per heavy atom. The number of rotatable bonds is 3. The third-order valence-electron chi connectivity index (χ3n) is 4.81. The maximum absolute atomic E-state index is 12.1. The molecule has 3 atom stereocenters. The number of hydrogen-bond donors (Lipinski definition) is 1. The van der Waals surface area contributed by atoms with Gasteiger partial charge in [0, 0.05) is 37.1 Å². The van der Waals surface area contributed by atoms with Crippen molar-refractivity contribution in [3.05, 3.63) is 18.3 Å². The Morgan fingerprint density at radius 1 is 1.29 bits per heavy atom. The van der Waals surface area contributed by atoms with Crippen LogP contribution in [0.2, 0.25) is 0 Å². The number of alkyl carbamates (subject to hydrolysis) is 1. The van der Waals surface area contributed by atoms with Crippen molar-refractivity contribution < 1.29 is 14.3 Å². The van der Waals surface area contributed by atoms with Crippen LogP contribution >= 0.6 is 0 Å². The maximum atomic E-state index is 12.1. The summed E-state index contributed by atoms with van der Waals surface area (Å²) in [5.74, 6) is 1.54. The molecule has 0 spiro atoms. The predicted molar refractivity (Wildman–Crippen MR) is 92.4 cm³/mol. The van der Waals surface area contributed by atoms with E-state index >= 15 is 0 Å². The van der Waals surface area contributed by atoms with Crippen molar-refractivity contribution in [2.75, 3.05) is 25.1 Å². The average molecular weight is 333 g/mol. The Labute approximate surface area is 143 Å². The summed E-state index contributed by atoms with van der Waals surface area (Å²) >= 11 is 0. The second kappa shape index (κ2) is 6.49. The van der Waals surface area contributed by atoms with Crippen LogP contribution in [-0.4, -0.2) is 42.9 Å². The second-order valence-corrected chi connectivity index (χ2v) is 7.73. The van der Waals surface area contributed by atoms with Crippen molar-refractivity contribution in [3.63, 3.8) is 0 Å². The molecule has 3 rings (SSSR count). The van der Waals surface area contributed by atoms with E-state index in [1.54, 1.807) is 13.3 Å². The first kappa shape index (κ1) is 16.9. The summed E-state index contributed by atoms with van der Waals surface area (Å²) < 4.78 is 10.6. The van der Waals surface area contributed by atoms with Crippen LogP contribution in [0.15, 0.2) is 18.3 Å².